The average molecular weight is 372 g/mol. The van der Waals surface area contributed by atoms with E-state index in [1.807, 2.05) is 19.1 Å². The quantitative estimate of drug-likeness (QED) is 0.703. The summed E-state index contributed by atoms with van der Waals surface area (Å²) < 4.78 is 21.8. The molecule has 27 heavy (non-hydrogen) atoms. The van der Waals surface area contributed by atoms with E-state index >= 15 is 0 Å². The number of phenolic OH excluding ortho intramolecular Hbond substituents is 1. The maximum absolute atomic E-state index is 12.7. The fourth-order valence-electron chi connectivity index (χ4n) is 2.60. The lowest BCUT2D eigenvalue weighted by molar-refractivity contribution is 0.0809. The van der Waals surface area contributed by atoms with Crippen LogP contribution < -0.4 is 18.9 Å². The lowest BCUT2D eigenvalue weighted by Crippen LogP contribution is -2.24. The van der Waals surface area contributed by atoms with E-state index in [1.54, 1.807) is 19.1 Å². The molecule has 2 rings (SSSR count). The standard InChI is InChI=1S/C21H24O6/c1-6-7-14-10-18(25-4)21(19(11-14)26-5)27-13(2)20(23)15-8-9-16(22)17(12-15)24-3/h6-13,22H,1-5H3/b7-6+. The Morgan fingerprint density at radius 2 is 1.59 bits per heavy atom. The van der Waals surface area contributed by atoms with Gasteiger partial charge in [-0.3, -0.25) is 4.79 Å². The van der Waals surface area contributed by atoms with Crippen LogP contribution in [0.15, 0.2) is 36.4 Å². The van der Waals surface area contributed by atoms with E-state index in [0.717, 1.165) is 5.56 Å². The fourth-order valence-corrected chi connectivity index (χ4v) is 2.60. The zero-order valence-electron chi connectivity index (χ0n) is 16.1. The number of rotatable bonds is 8. The molecule has 0 amide bonds. The highest BCUT2D eigenvalue weighted by Crippen LogP contribution is 2.40. The number of hydrogen-bond acceptors (Lipinski definition) is 6. The van der Waals surface area contributed by atoms with Crippen LogP contribution in [0.25, 0.3) is 6.08 Å². The van der Waals surface area contributed by atoms with Crippen molar-refractivity contribution in [1.29, 1.82) is 0 Å². The minimum atomic E-state index is -0.811. The third-order valence-electron chi connectivity index (χ3n) is 3.97. The predicted octanol–water partition coefficient (Wildman–Crippen LogP) is 4.10. The van der Waals surface area contributed by atoms with Crippen molar-refractivity contribution in [2.24, 2.45) is 0 Å². The van der Waals surface area contributed by atoms with Crippen molar-refractivity contribution in [2.45, 2.75) is 20.0 Å². The molecule has 2 aromatic carbocycles. The number of Topliss-reactive ketones (excluding diaryl/α,β-unsaturated/α-hetero) is 1. The third-order valence-corrected chi connectivity index (χ3v) is 3.97. The van der Waals surface area contributed by atoms with Gasteiger partial charge in [0, 0.05) is 5.56 Å². The molecular weight excluding hydrogens is 348 g/mol. The summed E-state index contributed by atoms with van der Waals surface area (Å²) in [5, 5.41) is 9.69. The zero-order valence-corrected chi connectivity index (χ0v) is 16.1. The van der Waals surface area contributed by atoms with Crippen molar-refractivity contribution >= 4 is 11.9 Å². The van der Waals surface area contributed by atoms with Crippen molar-refractivity contribution in [3.8, 4) is 28.7 Å². The summed E-state index contributed by atoms with van der Waals surface area (Å²) in [4.78, 5) is 12.7. The summed E-state index contributed by atoms with van der Waals surface area (Å²) in [5.74, 6) is 1.19. The summed E-state index contributed by atoms with van der Waals surface area (Å²) in [6.45, 7) is 3.55. The molecule has 0 radical (unpaired) electrons. The van der Waals surface area contributed by atoms with E-state index in [2.05, 4.69) is 0 Å². The first-order chi connectivity index (χ1) is 12.9. The molecule has 0 fully saturated rings. The summed E-state index contributed by atoms with van der Waals surface area (Å²) in [7, 11) is 4.47. The molecule has 0 spiro atoms. The van der Waals surface area contributed by atoms with Crippen LogP contribution in [0.5, 0.6) is 28.7 Å². The lowest BCUT2D eigenvalue weighted by atomic mass is 10.1. The SMILES string of the molecule is C/C=C/c1cc(OC)c(OC(C)C(=O)c2ccc(O)c(OC)c2)c(OC)c1. The van der Waals surface area contributed by atoms with E-state index < -0.39 is 6.10 Å². The van der Waals surface area contributed by atoms with E-state index in [4.69, 9.17) is 18.9 Å². The van der Waals surface area contributed by atoms with E-state index in [1.165, 1.54) is 39.5 Å². The van der Waals surface area contributed by atoms with E-state index in [0.29, 0.717) is 22.8 Å². The largest absolute Gasteiger partial charge is 0.504 e. The first-order valence-corrected chi connectivity index (χ1v) is 8.41. The van der Waals surface area contributed by atoms with Crippen LogP contribution in [0.2, 0.25) is 0 Å². The maximum Gasteiger partial charge on any atom is 0.204 e. The highest BCUT2D eigenvalue weighted by molar-refractivity contribution is 6.00. The fraction of sp³-hybridized carbons (Fsp3) is 0.286. The Morgan fingerprint density at radius 1 is 1.00 bits per heavy atom. The summed E-state index contributed by atoms with van der Waals surface area (Å²) in [6, 6.07) is 8.01. The average Bonchev–Trinajstić information content (AvgIpc) is 2.68. The minimum Gasteiger partial charge on any atom is -0.504 e. The van der Waals surface area contributed by atoms with Crippen LogP contribution in [-0.4, -0.2) is 38.3 Å². The van der Waals surface area contributed by atoms with Gasteiger partial charge in [-0.15, -0.1) is 0 Å². The molecule has 6 nitrogen and oxygen atoms in total. The van der Waals surface area contributed by atoms with Gasteiger partial charge in [0.2, 0.25) is 11.5 Å². The van der Waals surface area contributed by atoms with Crippen molar-refractivity contribution in [1.82, 2.24) is 0 Å². The number of aromatic hydroxyl groups is 1. The van der Waals surface area contributed by atoms with Crippen LogP contribution in [0, 0.1) is 0 Å². The second-order valence-corrected chi connectivity index (χ2v) is 5.77. The number of allylic oxidation sites excluding steroid dienone is 1. The number of hydrogen-bond donors (Lipinski definition) is 1. The number of benzene rings is 2. The molecule has 0 heterocycles. The van der Waals surface area contributed by atoms with Gasteiger partial charge in [0.1, 0.15) is 0 Å². The molecular formula is C21H24O6. The molecule has 0 saturated heterocycles. The molecule has 0 aliphatic rings. The van der Waals surface area contributed by atoms with Gasteiger partial charge in [-0.25, -0.2) is 0 Å². The number of phenols is 1. The first-order valence-electron chi connectivity index (χ1n) is 8.41. The van der Waals surface area contributed by atoms with E-state index in [9.17, 15) is 9.90 Å². The first kappa shape index (κ1) is 20.2. The van der Waals surface area contributed by atoms with Gasteiger partial charge in [0.15, 0.2) is 29.1 Å². The van der Waals surface area contributed by atoms with Crippen LogP contribution in [0.4, 0.5) is 0 Å². The molecule has 0 bridgehead atoms. The molecule has 0 aromatic heterocycles. The Hall–Kier alpha value is -3.15. The highest BCUT2D eigenvalue weighted by atomic mass is 16.5. The monoisotopic (exact) mass is 372 g/mol. The maximum atomic E-state index is 12.7. The predicted molar refractivity (Wildman–Crippen MR) is 103 cm³/mol. The summed E-state index contributed by atoms with van der Waals surface area (Å²) in [6.07, 6.45) is 3.00. The normalized spacial score (nSPS) is 11.9. The Bertz CT molecular complexity index is 816. The number of ketones is 1. The van der Waals surface area contributed by atoms with Gasteiger partial charge in [0.05, 0.1) is 21.3 Å². The van der Waals surface area contributed by atoms with Gasteiger partial charge in [0.25, 0.3) is 0 Å². The van der Waals surface area contributed by atoms with Crippen molar-refractivity contribution in [3.05, 3.63) is 47.5 Å². The highest BCUT2D eigenvalue weighted by Gasteiger charge is 2.23. The third kappa shape index (κ3) is 4.53. The number of carbonyl (C=O) groups excluding carboxylic acids is 1. The zero-order chi connectivity index (χ0) is 20.0. The van der Waals surface area contributed by atoms with Gasteiger partial charge in [-0.2, -0.15) is 0 Å². The van der Waals surface area contributed by atoms with Crippen molar-refractivity contribution in [2.75, 3.05) is 21.3 Å². The molecule has 1 unspecified atom stereocenters. The van der Waals surface area contributed by atoms with Crippen LogP contribution in [0.1, 0.15) is 29.8 Å². The molecule has 1 N–H and O–H groups in total. The smallest absolute Gasteiger partial charge is 0.204 e. The Morgan fingerprint density at radius 3 is 2.11 bits per heavy atom. The Labute approximate surface area is 158 Å². The molecule has 144 valence electrons. The van der Waals surface area contributed by atoms with Gasteiger partial charge >= 0.3 is 0 Å². The summed E-state index contributed by atoms with van der Waals surface area (Å²) >= 11 is 0. The van der Waals surface area contributed by atoms with Crippen molar-refractivity contribution < 1.29 is 28.8 Å². The minimum absolute atomic E-state index is 0.0365. The Balaban J connectivity index is 2.33. The number of methoxy groups -OCH3 is 3. The molecule has 0 saturated carbocycles. The second-order valence-electron chi connectivity index (χ2n) is 5.77. The second kappa shape index (κ2) is 8.98. The number of carbonyl (C=O) groups is 1. The van der Waals surface area contributed by atoms with Gasteiger partial charge < -0.3 is 24.1 Å². The summed E-state index contributed by atoms with van der Waals surface area (Å²) in [5.41, 5.74) is 1.25. The topological polar surface area (TPSA) is 74.2 Å². The van der Waals surface area contributed by atoms with Gasteiger partial charge in [-0.1, -0.05) is 12.2 Å². The molecule has 6 heteroatoms. The molecule has 0 aliphatic carbocycles. The van der Waals surface area contributed by atoms with Crippen LogP contribution in [0.3, 0.4) is 0 Å². The van der Waals surface area contributed by atoms with Crippen LogP contribution in [-0.2, 0) is 0 Å². The van der Waals surface area contributed by atoms with Crippen LogP contribution >= 0.6 is 0 Å². The number of ether oxygens (including phenoxy) is 4. The molecule has 0 aliphatic heterocycles. The van der Waals surface area contributed by atoms with Gasteiger partial charge in [-0.05, 0) is 49.7 Å². The lowest BCUT2D eigenvalue weighted by Gasteiger charge is -2.19. The molecule has 1 atom stereocenters. The Kier molecular flexibility index (Phi) is 6.71. The van der Waals surface area contributed by atoms with Crippen molar-refractivity contribution in [3.63, 3.8) is 0 Å². The van der Waals surface area contributed by atoms with E-state index in [-0.39, 0.29) is 17.3 Å². The molecule has 2 aromatic rings.